The molecule has 1 heteroatoms. The third-order valence-corrected chi connectivity index (χ3v) is 3.08. The molecule has 0 fully saturated rings. The van der Waals surface area contributed by atoms with Crippen LogP contribution in [0.3, 0.4) is 0 Å². The molecule has 0 saturated heterocycles. The van der Waals surface area contributed by atoms with Gasteiger partial charge >= 0.3 is 0 Å². The Kier molecular flexibility index (Phi) is 4.83. The number of rotatable bonds is 5. The number of hydrogen-bond acceptors (Lipinski definition) is 1. The maximum atomic E-state index is 3.19. The topological polar surface area (TPSA) is 12.0 Å². The van der Waals surface area contributed by atoms with Crippen molar-refractivity contribution in [3.63, 3.8) is 0 Å². The highest BCUT2D eigenvalue weighted by molar-refractivity contribution is 5.36. The molecule has 1 N–H and O–H groups in total. The van der Waals surface area contributed by atoms with E-state index < -0.39 is 0 Å². The van der Waals surface area contributed by atoms with Crippen LogP contribution < -0.4 is 5.32 Å². The van der Waals surface area contributed by atoms with Gasteiger partial charge in [0.15, 0.2) is 0 Å². The van der Waals surface area contributed by atoms with Gasteiger partial charge in [0.05, 0.1) is 0 Å². The van der Waals surface area contributed by atoms with Gasteiger partial charge in [0.25, 0.3) is 0 Å². The Morgan fingerprint density at radius 3 is 2.27 bits per heavy atom. The van der Waals surface area contributed by atoms with Crippen molar-refractivity contribution in [2.45, 2.75) is 40.0 Å². The van der Waals surface area contributed by atoms with Gasteiger partial charge in [-0.25, -0.2) is 0 Å². The van der Waals surface area contributed by atoms with E-state index in [1.165, 1.54) is 41.5 Å². The maximum Gasteiger partial charge on any atom is -0.00518 e. The van der Waals surface area contributed by atoms with E-state index >= 15 is 0 Å². The number of aryl methyl sites for hydroxylation is 4. The molecule has 84 valence electrons. The van der Waals surface area contributed by atoms with Crippen LogP contribution in [0.25, 0.3) is 0 Å². The Balaban J connectivity index is 2.57. The van der Waals surface area contributed by atoms with E-state index in [9.17, 15) is 0 Å². The largest absolute Gasteiger partial charge is 0.320 e. The molecule has 0 aromatic heterocycles. The standard InChI is InChI=1S/C14H23N/c1-11-9-13(3)14(10-12(11)2)7-5-6-8-15-4/h9-10,15H,5-8H2,1-4H3. The molecular weight excluding hydrogens is 182 g/mol. The van der Waals surface area contributed by atoms with Crippen LogP contribution in [-0.4, -0.2) is 13.6 Å². The van der Waals surface area contributed by atoms with Gasteiger partial charge in [0.2, 0.25) is 0 Å². The molecule has 15 heavy (non-hydrogen) atoms. The summed E-state index contributed by atoms with van der Waals surface area (Å²) in [5.41, 5.74) is 5.80. The molecule has 0 radical (unpaired) electrons. The van der Waals surface area contributed by atoms with E-state index in [-0.39, 0.29) is 0 Å². The molecule has 0 heterocycles. The van der Waals surface area contributed by atoms with Crippen molar-refractivity contribution in [2.24, 2.45) is 0 Å². The molecule has 1 rings (SSSR count). The van der Waals surface area contributed by atoms with Crippen LogP contribution >= 0.6 is 0 Å². The summed E-state index contributed by atoms with van der Waals surface area (Å²) >= 11 is 0. The SMILES string of the molecule is CNCCCCc1cc(C)c(C)cc1C. The molecule has 0 aliphatic rings. The van der Waals surface area contributed by atoms with Gasteiger partial charge in [-0.05, 0) is 75.9 Å². The molecule has 0 bridgehead atoms. The van der Waals surface area contributed by atoms with Crippen LogP contribution in [0.1, 0.15) is 35.1 Å². The number of benzene rings is 1. The first-order chi connectivity index (χ1) is 7.15. The highest BCUT2D eigenvalue weighted by atomic mass is 14.8. The van der Waals surface area contributed by atoms with Crippen molar-refractivity contribution in [1.29, 1.82) is 0 Å². The summed E-state index contributed by atoms with van der Waals surface area (Å²) in [5.74, 6) is 0. The first-order valence-electron chi connectivity index (χ1n) is 5.86. The lowest BCUT2D eigenvalue weighted by Crippen LogP contribution is -2.07. The smallest absolute Gasteiger partial charge is 0.00518 e. The molecular formula is C14H23N. The summed E-state index contributed by atoms with van der Waals surface area (Å²) < 4.78 is 0. The zero-order valence-corrected chi connectivity index (χ0v) is 10.5. The van der Waals surface area contributed by atoms with E-state index in [2.05, 4.69) is 38.2 Å². The second-order valence-electron chi connectivity index (χ2n) is 4.42. The average molecular weight is 205 g/mol. The monoisotopic (exact) mass is 205 g/mol. The fourth-order valence-corrected chi connectivity index (χ4v) is 1.91. The zero-order chi connectivity index (χ0) is 11.3. The lowest BCUT2D eigenvalue weighted by atomic mass is 9.97. The minimum atomic E-state index is 1.13. The molecule has 0 spiro atoms. The molecule has 0 atom stereocenters. The summed E-state index contributed by atoms with van der Waals surface area (Å²) in [4.78, 5) is 0. The molecule has 1 aromatic rings. The van der Waals surface area contributed by atoms with Crippen LogP contribution in [0.5, 0.6) is 0 Å². The first-order valence-corrected chi connectivity index (χ1v) is 5.86. The Bertz CT molecular complexity index is 315. The lowest BCUT2D eigenvalue weighted by molar-refractivity contribution is 0.676. The summed E-state index contributed by atoms with van der Waals surface area (Å²) in [6, 6.07) is 4.66. The Hall–Kier alpha value is -0.820. The average Bonchev–Trinajstić information content (AvgIpc) is 2.20. The number of unbranched alkanes of at least 4 members (excludes halogenated alkanes) is 1. The first kappa shape index (κ1) is 12.3. The highest BCUT2D eigenvalue weighted by Crippen LogP contribution is 2.17. The van der Waals surface area contributed by atoms with Crippen LogP contribution in [0.4, 0.5) is 0 Å². The van der Waals surface area contributed by atoms with E-state index in [0.717, 1.165) is 6.54 Å². The quantitative estimate of drug-likeness (QED) is 0.728. The Morgan fingerprint density at radius 1 is 0.933 bits per heavy atom. The number of hydrogen-bond donors (Lipinski definition) is 1. The minimum Gasteiger partial charge on any atom is -0.320 e. The van der Waals surface area contributed by atoms with Gasteiger partial charge < -0.3 is 5.32 Å². The van der Waals surface area contributed by atoms with Gasteiger partial charge in [0.1, 0.15) is 0 Å². The van der Waals surface area contributed by atoms with Crippen molar-refractivity contribution < 1.29 is 0 Å². The molecule has 0 amide bonds. The maximum absolute atomic E-state index is 3.19. The van der Waals surface area contributed by atoms with E-state index in [1.807, 2.05) is 7.05 Å². The minimum absolute atomic E-state index is 1.13. The summed E-state index contributed by atoms with van der Waals surface area (Å²) in [7, 11) is 2.02. The van der Waals surface area contributed by atoms with Crippen molar-refractivity contribution in [3.8, 4) is 0 Å². The van der Waals surface area contributed by atoms with Crippen molar-refractivity contribution >= 4 is 0 Å². The molecule has 1 aromatic carbocycles. The van der Waals surface area contributed by atoms with E-state index in [4.69, 9.17) is 0 Å². The third-order valence-electron chi connectivity index (χ3n) is 3.08. The third kappa shape index (κ3) is 3.67. The molecule has 1 nitrogen and oxygen atoms in total. The van der Waals surface area contributed by atoms with Gasteiger partial charge in [-0.1, -0.05) is 12.1 Å². The van der Waals surface area contributed by atoms with Crippen molar-refractivity contribution in [1.82, 2.24) is 5.32 Å². The normalized spacial score (nSPS) is 10.7. The Morgan fingerprint density at radius 2 is 1.60 bits per heavy atom. The second-order valence-corrected chi connectivity index (χ2v) is 4.42. The van der Waals surface area contributed by atoms with Crippen LogP contribution in [0.2, 0.25) is 0 Å². The van der Waals surface area contributed by atoms with Crippen LogP contribution in [0, 0.1) is 20.8 Å². The molecule has 0 saturated carbocycles. The highest BCUT2D eigenvalue weighted by Gasteiger charge is 2.01. The van der Waals surface area contributed by atoms with Gasteiger partial charge in [-0.15, -0.1) is 0 Å². The summed E-state index contributed by atoms with van der Waals surface area (Å²) in [6.45, 7) is 7.74. The lowest BCUT2D eigenvalue weighted by Gasteiger charge is -2.09. The van der Waals surface area contributed by atoms with Crippen molar-refractivity contribution in [2.75, 3.05) is 13.6 Å². The summed E-state index contributed by atoms with van der Waals surface area (Å²) in [5, 5.41) is 3.19. The Labute approximate surface area is 93.9 Å². The predicted molar refractivity (Wildman–Crippen MR) is 67.5 cm³/mol. The van der Waals surface area contributed by atoms with E-state index in [1.54, 1.807) is 0 Å². The van der Waals surface area contributed by atoms with Crippen LogP contribution in [0.15, 0.2) is 12.1 Å². The number of nitrogens with one attached hydrogen (secondary N) is 1. The van der Waals surface area contributed by atoms with Crippen molar-refractivity contribution in [3.05, 3.63) is 34.4 Å². The van der Waals surface area contributed by atoms with Gasteiger partial charge in [-0.3, -0.25) is 0 Å². The zero-order valence-electron chi connectivity index (χ0n) is 10.5. The molecule has 0 aliphatic heterocycles. The van der Waals surface area contributed by atoms with E-state index in [0.29, 0.717) is 0 Å². The molecule has 0 unspecified atom stereocenters. The van der Waals surface area contributed by atoms with Crippen LogP contribution in [-0.2, 0) is 6.42 Å². The van der Waals surface area contributed by atoms with Gasteiger partial charge in [-0.2, -0.15) is 0 Å². The van der Waals surface area contributed by atoms with Gasteiger partial charge in [0, 0.05) is 0 Å². The second kappa shape index (κ2) is 5.92. The predicted octanol–water partition coefficient (Wildman–Crippen LogP) is 3.15. The summed E-state index contributed by atoms with van der Waals surface area (Å²) in [6.07, 6.45) is 3.77. The fourth-order valence-electron chi connectivity index (χ4n) is 1.91. The fraction of sp³-hybridized carbons (Fsp3) is 0.571. The molecule has 0 aliphatic carbocycles.